The molecular weight excluding hydrogens is 426 g/mol. The normalized spacial score (nSPS) is 15.1. The summed E-state index contributed by atoms with van der Waals surface area (Å²) in [5, 5.41) is 16.7. The molecule has 0 saturated carbocycles. The molecule has 2 aromatic heterocycles. The lowest BCUT2D eigenvalue weighted by Crippen LogP contribution is -2.38. The van der Waals surface area contributed by atoms with Gasteiger partial charge in [0.25, 0.3) is 0 Å². The van der Waals surface area contributed by atoms with E-state index >= 15 is 0 Å². The molecule has 1 aliphatic heterocycles. The zero-order chi connectivity index (χ0) is 22.8. The van der Waals surface area contributed by atoms with Crippen LogP contribution in [0.3, 0.4) is 0 Å². The third kappa shape index (κ3) is 4.51. The summed E-state index contributed by atoms with van der Waals surface area (Å²) in [6, 6.07) is 8.22. The predicted molar refractivity (Wildman–Crippen MR) is 126 cm³/mol. The van der Waals surface area contributed by atoms with Crippen LogP contribution in [-0.4, -0.2) is 62.0 Å². The zero-order valence-corrected chi connectivity index (χ0v) is 19.9. The molecule has 0 bridgehead atoms. The van der Waals surface area contributed by atoms with Crippen molar-refractivity contribution in [3.05, 3.63) is 41.2 Å². The van der Waals surface area contributed by atoms with E-state index in [0.29, 0.717) is 18.4 Å². The molecule has 32 heavy (non-hydrogen) atoms. The molecule has 1 aromatic carbocycles. The van der Waals surface area contributed by atoms with Crippen LogP contribution in [0.25, 0.3) is 5.69 Å². The number of anilines is 2. The smallest absolute Gasteiger partial charge is 0.237 e. The summed E-state index contributed by atoms with van der Waals surface area (Å²) in [6.07, 6.45) is 0. The summed E-state index contributed by atoms with van der Waals surface area (Å²) in [5.41, 5.74) is 4.61. The van der Waals surface area contributed by atoms with E-state index in [0.717, 1.165) is 47.4 Å². The molecule has 1 saturated heterocycles. The molecule has 3 heterocycles. The molecule has 3 aromatic rings. The predicted octanol–water partition coefficient (Wildman–Crippen LogP) is 2.88. The Labute approximate surface area is 192 Å². The van der Waals surface area contributed by atoms with Crippen LogP contribution < -0.4 is 10.2 Å². The van der Waals surface area contributed by atoms with Crippen LogP contribution in [0, 0.1) is 20.8 Å². The van der Waals surface area contributed by atoms with Crippen molar-refractivity contribution in [3.8, 4) is 5.69 Å². The Bertz CT molecular complexity index is 1120. The molecule has 9 nitrogen and oxygen atoms in total. The van der Waals surface area contributed by atoms with Crippen molar-refractivity contribution in [3.63, 3.8) is 0 Å². The molecular formula is C22H29N7O2S. The van der Waals surface area contributed by atoms with Crippen molar-refractivity contribution in [2.75, 3.05) is 36.5 Å². The fourth-order valence-corrected chi connectivity index (χ4v) is 4.55. The average molecular weight is 456 g/mol. The van der Waals surface area contributed by atoms with E-state index in [-0.39, 0.29) is 11.2 Å². The standard InChI is InChI=1S/C22H29N7O2S/c1-14-7-6-8-18(13-14)29-21(28-9-11-31-12-10-28)24-25-22(29)32-17(4)20(30)23-19-15(2)26-27(5)16(19)3/h6-8,13,17H,9-12H2,1-5H3,(H,23,30). The van der Waals surface area contributed by atoms with Gasteiger partial charge in [0.05, 0.1) is 41.2 Å². The van der Waals surface area contributed by atoms with E-state index < -0.39 is 0 Å². The summed E-state index contributed by atoms with van der Waals surface area (Å²) >= 11 is 1.39. The van der Waals surface area contributed by atoms with E-state index in [9.17, 15) is 4.79 Å². The van der Waals surface area contributed by atoms with Gasteiger partial charge in [-0.25, -0.2) is 0 Å². The molecule has 1 unspecified atom stereocenters. The van der Waals surface area contributed by atoms with Gasteiger partial charge in [0.15, 0.2) is 5.16 Å². The summed E-state index contributed by atoms with van der Waals surface area (Å²) in [4.78, 5) is 15.2. The van der Waals surface area contributed by atoms with E-state index in [4.69, 9.17) is 4.74 Å². The Kier molecular flexibility index (Phi) is 6.52. The summed E-state index contributed by atoms with van der Waals surface area (Å²) in [7, 11) is 1.87. The number of carbonyl (C=O) groups is 1. The first-order chi connectivity index (χ1) is 15.3. The number of nitrogens with one attached hydrogen (secondary N) is 1. The lowest BCUT2D eigenvalue weighted by Gasteiger charge is -2.28. The Morgan fingerprint density at radius 1 is 1.19 bits per heavy atom. The minimum Gasteiger partial charge on any atom is -0.378 e. The van der Waals surface area contributed by atoms with Crippen LogP contribution in [0.15, 0.2) is 29.4 Å². The molecule has 1 aliphatic rings. The van der Waals surface area contributed by atoms with Crippen molar-refractivity contribution >= 4 is 29.3 Å². The second-order valence-electron chi connectivity index (χ2n) is 7.98. The van der Waals surface area contributed by atoms with Gasteiger partial charge in [0.2, 0.25) is 11.9 Å². The van der Waals surface area contributed by atoms with E-state index in [2.05, 4.69) is 44.6 Å². The van der Waals surface area contributed by atoms with Gasteiger partial charge in [-0.05, 0) is 45.4 Å². The molecule has 10 heteroatoms. The van der Waals surface area contributed by atoms with Gasteiger partial charge in [-0.3, -0.25) is 14.0 Å². The molecule has 170 valence electrons. The fourth-order valence-electron chi connectivity index (χ4n) is 3.69. The molecule has 4 rings (SSSR count). The van der Waals surface area contributed by atoms with Crippen LogP contribution in [0.1, 0.15) is 23.9 Å². The number of hydrogen-bond acceptors (Lipinski definition) is 7. The monoisotopic (exact) mass is 455 g/mol. The Balaban J connectivity index is 1.61. The SMILES string of the molecule is Cc1cccc(-n2c(SC(C)C(=O)Nc3c(C)nn(C)c3C)nnc2N2CCOCC2)c1. The number of amides is 1. The van der Waals surface area contributed by atoms with Crippen LogP contribution in [0.5, 0.6) is 0 Å². The number of nitrogens with zero attached hydrogens (tertiary/aromatic N) is 6. The zero-order valence-electron chi connectivity index (χ0n) is 19.1. The van der Waals surface area contributed by atoms with Crippen molar-refractivity contribution in [2.24, 2.45) is 7.05 Å². The Morgan fingerprint density at radius 2 is 1.94 bits per heavy atom. The number of hydrogen-bond donors (Lipinski definition) is 1. The van der Waals surface area contributed by atoms with Crippen LogP contribution in [-0.2, 0) is 16.6 Å². The highest BCUT2D eigenvalue weighted by molar-refractivity contribution is 8.00. The third-order valence-corrected chi connectivity index (χ3v) is 6.62. The summed E-state index contributed by atoms with van der Waals surface area (Å²) in [6.45, 7) is 10.6. The molecule has 0 radical (unpaired) electrons. The number of carbonyl (C=O) groups excluding carboxylic acids is 1. The average Bonchev–Trinajstić information content (AvgIpc) is 3.30. The van der Waals surface area contributed by atoms with Crippen molar-refractivity contribution in [2.45, 2.75) is 38.1 Å². The minimum absolute atomic E-state index is 0.0964. The lowest BCUT2D eigenvalue weighted by molar-refractivity contribution is -0.115. The van der Waals surface area contributed by atoms with Gasteiger partial charge in [0.1, 0.15) is 0 Å². The molecule has 1 N–H and O–H groups in total. The molecule has 0 aliphatic carbocycles. The number of thioether (sulfide) groups is 1. The first kappa shape index (κ1) is 22.3. The third-order valence-electron chi connectivity index (χ3n) is 5.58. The maximum atomic E-state index is 13.0. The number of benzene rings is 1. The fraction of sp³-hybridized carbons (Fsp3) is 0.455. The Morgan fingerprint density at radius 3 is 2.59 bits per heavy atom. The van der Waals surface area contributed by atoms with Gasteiger partial charge >= 0.3 is 0 Å². The van der Waals surface area contributed by atoms with Gasteiger partial charge in [0, 0.05) is 20.1 Å². The van der Waals surface area contributed by atoms with Gasteiger partial charge < -0.3 is 15.0 Å². The van der Waals surface area contributed by atoms with E-state index in [1.54, 1.807) is 4.68 Å². The number of aromatic nitrogens is 5. The Hall–Kier alpha value is -2.85. The number of morpholine rings is 1. The van der Waals surface area contributed by atoms with Gasteiger partial charge in [-0.2, -0.15) is 5.10 Å². The second kappa shape index (κ2) is 9.33. The maximum absolute atomic E-state index is 13.0. The quantitative estimate of drug-likeness (QED) is 0.572. The van der Waals surface area contributed by atoms with Crippen molar-refractivity contribution in [1.82, 2.24) is 24.5 Å². The highest BCUT2D eigenvalue weighted by Crippen LogP contribution is 2.31. The van der Waals surface area contributed by atoms with Crippen LogP contribution in [0.4, 0.5) is 11.6 Å². The minimum atomic E-state index is -0.376. The second-order valence-corrected chi connectivity index (χ2v) is 9.28. The first-order valence-corrected chi connectivity index (χ1v) is 11.6. The van der Waals surface area contributed by atoms with E-state index in [1.165, 1.54) is 11.8 Å². The maximum Gasteiger partial charge on any atom is 0.237 e. The van der Waals surface area contributed by atoms with Crippen molar-refractivity contribution in [1.29, 1.82) is 0 Å². The summed E-state index contributed by atoms with van der Waals surface area (Å²) < 4.78 is 9.31. The van der Waals surface area contributed by atoms with Crippen LogP contribution >= 0.6 is 11.8 Å². The van der Waals surface area contributed by atoms with Gasteiger partial charge in [-0.15, -0.1) is 10.2 Å². The topological polar surface area (TPSA) is 90.1 Å². The number of aryl methyl sites for hydroxylation is 3. The number of ether oxygens (including phenoxy) is 1. The first-order valence-electron chi connectivity index (χ1n) is 10.7. The van der Waals surface area contributed by atoms with Crippen LogP contribution in [0.2, 0.25) is 0 Å². The highest BCUT2D eigenvalue weighted by atomic mass is 32.2. The summed E-state index contributed by atoms with van der Waals surface area (Å²) in [5.74, 6) is 0.675. The lowest BCUT2D eigenvalue weighted by atomic mass is 10.2. The van der Waals surface area contributed by atoms with E-state index in [1.807, 2.05) is 44.5 Å². The molecule has 1 amide bonds. The number of rotatable bonds is 6. The highest BCUT2D eigenvalue weighted by Gasteiger charge is 2.25. The molecule has 0 spiro atoms. The molecule has 1 fully saturated rings. The molecule has 1 atom stereocenters. The van der Waals surface area contributed by atoms with Crippen molar-refractivity contribution < 1.29 is 9.53 Å². The van der Waals surface area contributed by atoms with Gasteiger partial charge in [-0.1, -0.05) is 23.9 Å². The largest absolute Gasteiger partial charge is 0.378 e.